The lowest BCUT2D eigenvalue weighted by molar-refractivity contribution is -0.141. The predicted molar refractivity (Wildman–Crippen MR) is 84.3 cm³/mol. The van der Waals surface area contributed by atoms with E-state index in [-0.39, 0.29) is 12.6 Å². The second-order valence-corrected chi connectivity index (χ2v) is 5.85. The Morgan fingerprint density at radius 2 is 1.85 bits per heavy atom. The molecule has 1 atom stereocenters. The number of amides is 2. The molecular formula is C14H28N2O3S. The molecule has 0 fully saturated rings. The van der Waals surface area contributed by atoms with Gasteiger partial charge in [-0.2, -0.15) is 11.8 Å². The van der Waals surface area contributed by atoms with Crippen molar-refractivity contribution in [3.05, 3.63) is 0 Å². The highest BCUT2D eigenvalue weighted by Gasteiger charge is 2.16. The van der Waals surface area contributed by atoms with E-state index in [0.717, 1.165) is 19.3 Å². The Kier molecular flexibility index (Phi) is 12.5. The molecule has 0 aliphatic rings. The average molecular weight is 304 g/mol. The van der Waals surface area contributed by atoms with Gasteiger partial charge in [-0.1, -0.05) is 26.2 Å². The highest BCUT2D eigenvalue weighted by molar-refractivity contribution is 7.98. The van der Waals surface area contributed by atoms with Crippen LogP contribution in [-0.2, 0) is 4.79 Å². The van der Waals surface area contributed by atoms with Gasteiger partial charge in [-0.3, -0.25) is 4.79 Å². The smallest absolute Gasteiger partial charge is 0.314 e. The Hall–Kier alpha value is -0.910. The number of thioether (sulfide) groups is 1. The van der Waals surface area contributed by atoms with Crippen molar-refractivity contribution in [2.24, 2.45) is 5.92 Å². The Balaban J connectivity index is 3.55. The van der Waals surface area contributed by atoms with E-state index in [0.29, 0.717) is 13.0 Å². The van der Waals surface area contributed by atoms with Crippen LogP contribution in [0, 0.1) is 5.92 Å². The molecule has 0 saturated carbocycles. The second-order valence-electron chi connectivity index (χ2n) is 4.87. The van der Waals surface area contributed by atoms with Crippen LogP contribution in [0.15, 0.2) is 0 Å². The molecule has 5 nitrogen and oxygen atoms in total. The summed E-state index contributed by atoms with van der Waals surface area (Å²) in [5, 5.41) is 14.3. The van der Waals surface area contributed by atoms with E-state index < -0.39 is 11.9 Å². The van der Waals surface area contributed by atoms with Gasteiger partial charge in [0.15, 0.2) is 0 Å². The van der Waals surface area contributed by atoms with E-state index in [4.69, 9.17) is 5.11 Å². The van der Waals surface area contributed by atoms with Crippen LogP contribution in [-0.4, -0.2) is 42.2 Å². The number of hydrogen-bond donors (Lipinski definition) is 3. The maximum atomic E-state index is 11.5. The lowest BCUT2D eigenvalue weighted by atomic mass is 10.0. The van der Waals surface area contributed by atoms with Crippen molar-refractivity contribution >= 4 is 23.8 Å². The number of carbonyl (C=O) groups excluding carboxylic acids is 1. The molecule has 1 unspecified atom stereocenters. The highest BCUT2D eigenvalue weighted by Crippen LogP contribution is 2.05. The van der Waals surface area contributed by atoms with Crippen molar-refractivity contribution in [2.75, 3.05) is 25.1 Å². The molecule has 6 heteroatoms. The summed E-state index contributed by atoms with van der Waals surface area (Å²) >= 11 is 1.86. The number of nitrogens with one attached hydrogen (secondary N) is 2. The standard InChI is InChI=1S/C14H28N2O3S/c1-3-8-12(13(17)18)11-16-14(19)15-9-6-4-5-7-10-20-2/h12H,3-11H2,1-2H3,(H,17,18)(H2,15,16,19). The van der Waals surface area contributed by atoms with Gasteiger partial charge in [0.05, 0.1) is 5.92 Å². The SMILES string of the molecule is CCCC(CNC(=O)NCCCCCCSC)C(=O)O. The third-order valence-corrected chi connectivity index (χ3v) is 3.75. The van der Waals surface area contributed by atoms with Crippen LogP contribution in [0.2, 0.25) is 0 Å². The molecule has 0 aromatic carbocycles. The van der Waals surface area contributed by atoms with E-state index in [1.807, 2.05) is 18.7 Å². The summed E-state index contributed by atoms with van der Waals surface area (Å²) in [7, 11) is 0. The number of hydrogen-bond acceptors (Lipinski definition) is 3. The van der Waals surface area contributed by atoms with Gasteiger partial charge >= 0.3 is 12.0 Å². The van der Waals surface area contributed by atoms with E-state index in [9.17, 15) is 9.59 Å². The molecule has 0 spiro atoms. The first-order valence-corrected chi connectivity index (χ1v) is 8.74. The van der Waals surface area contributed by atoms with Crippen molar-refractivity contribution in [1.82, 2.24) is 10.6 Å². The van der Waals surface area contributed by atoms with Gasteiger partial charge in [-0.25, -0.2) is 4.79 Å². The number of carboxylic acids is 1. The molecule has 3 N–H and O–H groups in total. The fraction of sp³-hybridized carbons (Fsp3) is 0.857. The van der Waals surface area contributed by atoms with E-state index in [2.05, 4.69) is 16.9 Å². The summed E-state index contributed by atoms with van der Waals surface area (Å²) in [5.41, 5.74) is 0. The van der Waals surface area contributed by atoms with Crippen LogP contribution in [0.1, 0.15) is 45.4 Å². The molecule has 0 bridgehead atoms. The fourth-order valence-electron chi connectivity index (χ4n) is 1.87. The van der Waals surface area contributed by atoms with Gasteiger partial charge in [-0.05, 0) is 31.3 Å². The number of unbranched alkanes of at least 4 members (excludes halogenated alkanes) is 3. The normalized spacial score (nSPS) is 11.9. The zero-order chi connectivity index (χ0) is 15.2. The minimum Gasteiger partial charge on any atom is -0.481 e. The number of urea groups is 1. The van der Waals surface area contributed by atoms with Gasteiger partial charge in [0.1, 0.15) is 0 Å². The monoisotopic (exact) mass is 304 g/mol. The molecule has 0 aliphatic heterocycles. The van der Waals surface area contributed by atoms with Gasteiger partial charge < -0.3 is 15.7 Å². The zero-order valence-electron chi connectivity index (χ0n) is 12.6. The number of carbonyl (C=O) groups is 2. The molecule has 118 valence electrons. The molecule has 0 radical (unpaired) electrons. The number of carboxylic acid groups (broad SMARTS) is 1. The average Bonchev–Trinajstić information content (AvgIpc) is 2.42. The van der Waals surface area contributed by atoms with Gasteiger partial charge in [-0.15, -0.1) is 0 Å². The Labute approximate surface area is 126 Å². The van der Waals surface area contributed by atoms with Crippen molar-refractivity contribution in [1.29, 1.82) is 0 Å². The topological polar surface area (TPSA) is 78.4 Å². The lowest BCUT2D eigenvalue weighted by Gasteiger charge is -2.13. The molecule has 2 amide bonds. The van der Waals surface area contributed by atoms with Crippen LogP contribution in [0.3, 0.4) is 0 Å². The Morgan fingerprint density at radius 1 is 1.15 bits per heavy atom. The Bertz CT molecular complexity index is 275. The fourth-order valence-corrected chi connectivity index (χ4v) is 2.36. The molecule has 0 aromatic rings. The van der Waals surface area contributed by atoms with Crippen LogP contribution < -0.4 is 10.6 Å². The third kappa shape index (κ3) is 11.0. The maximum absolute atomic E-state index is 11.5. The van der Waals surface area contributed by atoms with Crippen LogP contribution >= 0.6 is 11.8 Å². The van der Waals surface area contributed by atoms with Crippen molar-refractivity contribution in [3.63, 3.8) is 0 Å². The predicted octanol–water partition coefficient (Wildman–Crippen LogP) is 2.71. The molecule has 20 heavy (non-hydrogen) atoms. The molecular weight excluding hydrogens is 276 g/mol. The largest absolute Gasteiger partial charge is 0.481 e. The van der Waals surface area contributed by atoms with Gasteiger partial charge in [0, 0.05) is 13.1 Å². The van der Waals surface area contributed by atoms with Crippen LogP contribution in [0.4, 0.5) is 4.79 Å². The third-order valence-electron chi connectivity index (χ3n) is 3.06. The number of aliphatic carboxylic acids is 1. The molecule has 0 rings (SSSR count). The minimum atomic E-state index is -0.846. The zero-order valence-corrected chi connectivity index (χ0v) is 13.4. The molecule has 0 heterocycles. The lowest BCUT2D eigenvalue weighted by Crippen LogP contribution is -2.40. The molecule has 0 aromatic heterocycles. The van der Waals surface area contributed by atoms with E-state index in [1.54, 1.807) is 0 Å². The first-order valence-electron chi connectivity index (χ1n) is 7.35. The van der Waals surface area contributed by atoms with E-state index >= 15 is 0 Å². The Morgan fingerprint density at radius 3 is 2.45 bits per heavy atom. The van der Waals surface area contributed by atoms with E-state index in [1.165, 1.54) is 18.6 Å². The van der Waals surface area contributed by atoms with Crippen LogP contribution in [0.25, 0.3) is 0 Å². The maximum Gasteiger partial charge on any atom is 0.314 e. The van der Waals surface area contributed by atoms with Crippen molar-refractivity contribution < 1.29 is 14.7 Å². The van der Waals surface area contributed by atoms with Crippen molar-refractivity contribution in [2.45, 2.75) is 45.4 Å². The second kappa shape index (κ2) is 13.1. The first-order chi connectivity index (χ1) is 9.61. The van der Waals surface area contributed by atoms with Crippen molar-refractivity contribution in [3.8, 4) is 0 Å². The van der Waals surface area contributed by atoms with Crippen LogP contribution in [0.5, 0.6) is 0 Å². The summed E-state index contributed by atoms with van der Waals surface area (Å²) in [6.07, 6.45) is 8.01. The first kappa shape index (κ1) is 19.1. The number of rotatable bonds is 12. The summed E-state index contributed by atoms with van der Waals surface area (Å²) < 4.78 is 0. The minimum absolute atomic E-state index is 0.197. The molecule has 0 aliphatic carbocycles. The van der Waals surface area contributed by atoms with Gasteiger partial charge in [0.25, 0.3) is 0 Å². The highest BCUT2D eigenvalue weighted by atomic mass is 32.2. The summed E-state index contributed by atoms with van der Waals surface area (Å²) in [6, 6.07) is -0.267. The van der Waals surface area contributed by atoms with Gasteiger partial charge in [0.2, 0.25) is 0 Å². The quantitative estimate of drug-likeness (QED) is 0.484. The summed E-state index contributed by atoms with van der Waals surface area (Å²) in [5.74, 6) is -0.139. The summed E-state index contributed by atoms with van der Waals surface area (Å²) in [6.45, 7) is 2.78. The molecule has 0 saturated heterocycles. The summed E-state index contributed by atoms with van der Waals surface area (Å²) in [4.78, 5) is 22.4.